The van der Waals surface area contributed by atoms with E-state index in [1.54, 1.807) is 7.11 Å². The number of hydrogen-bond donors (Lipinski definition) is 1. The fraction of sp³-hybridized carbons (Fsp3) is 0.522. The summed E-state index contributed by atoms with van der Waals surface area (Å²) >= 11 is 1.52. The van der Waals surface area contributed by atoms with Gasteiger partial charge < -0.3 is 15.0 Å². The summed E-state index contributed by atoms with van der Waals surface area (Å²) in [5.41, 5.74) is 1.97. The summed E-state index contributed by atoms with van der Waals surface area (Å²) in [5, 5.41) is 3.73. The van der Waals surface area contributed by atoms with Crippen LogP contribution in [-0.2, 0) is 16.0 Å². The van der Waals surface area contributed by atoms with Gasteiger partial charge in [-0.2, -0.15) is 0 Å². The van der Waals surface area contributed by atoms with Gasteiger partial charge in [0.05, 0.1) is 23.8 Å². The number of carbonyl (C=O) groups is 2. The molecule has 0 radical (unpaired) electrons. The highest BCUT2D eigenvalue weighted by atomic mass is 32.1. The summed E-state index contributed by atoms with van der Waals surface area (Å²) in [5.74, 6) is -0.484. The number of thiazole rings is 1. The Kier molecular flexibility index (Phi) is 5.93. The van der Waals surface area contributed by atoms with Crippen molar-refractivity contribution in [3.63, 3.8) is 0 Å². The van der Waals surface area contributed by atoms with Crippen LogP contribution in [0, 0.1) is 6.92 Å². The van der Waals surface area contributed by atoms with Crippen molar-refractivity contribution in [2.45, 2.75) is 57.4 Å². The standard InChI is InChI=1S/C23H29N3O3S/c1-4-18-15(2)30-22(24-18)25-20(27)19-16-9-5-6-10-17(16)21(28)26(13-14-29-3)23(19)11-7-8-12-23/h5-6,9-10,19H,4,7-8,11-14H2,1-3H3,(H,24,25,27). The van der Waals surface area contributed by atoms with E-state index in [1.807, 2.05) is 36.1 Å². The van der Waals surface area contributed by atoms with Gasteiger partial charge in [0, 0.05) is 24.1 Å². The zero-order valence-corrected chi connectivity index (χ0v) is 18.7. The Bertz CT molecular complexity index is 949. The fourth-order valence-corrected chi connectivity index (χ4v) is 6.07. The number of aryl methyl sites for hydroxylation is 2. The molecule has 1 atom stereocenters. The number of hydrogen-bond acceptors (Lipinski definition) is 5. The van der Waals surface area contributed by atoms with Gasteiger partial charge >= 0.3 is 0 Å². The van der Waals surface area contributed by atoms with Crippen LogP contribution in [-0.4, -0.2) is 47.5 Å². The van der Waals surface area contributed by atoms with E-state index in [4.69, 9.17) is 4.74 Å². The van der Waals surface area contributed by atoms with Gasteiger partial charge in [-0.25, -0.2) is 4.98 Å². The third-order valence-electron chi connectivity index (χ3n) is 6.53. The maximum Gasteiger partial charge on any atom is 0.254 e. The van der Waals surface area contributed by atoms with E-state index < -0.39 is 11.5 Å². The van der Waals surface area contributed by atoms with Crippen molar-refractivity contribution in [2.24, 2.45) is 0 Å². The molecule has 1 aliphatic carbocycles. The van der Waals surface area contributed by atoms with Gasteiger partial charge in [0.1, 0.15) is 0 Å². The van der Waals surface area contributed by atoms with Crippen molar-refractivity contribution in [1.82, 2.24) is 9.88 Å². The SMILES string of the molecule is CCc1nc(NC(=O)C2c3ccccc3C(=O)N(CCOC)C23CCCC3)sc1C. The fourth-order valence-electron chi connectivity index (χ4n) is 5.16. The van der Waals surface area contributed by atoms with Crippen molar-refractivity contribution in [1.29, 1.82) is 0 Å². The maximum absolute atomic E-state index is 13.7. The number of ether oxygens (including phenoxy) is 1. The second kappa shape index (κ2) is 8.47. The van der Waals surface area contributed by atoms with E-state index in [2.05, 4.69) is 17.2 Å². The summed E-state index contributed by atoms with van der Waals surface area (Å²) in [6.07, 6.45) is 4.52. The Balaban J connectivity index is 1.76. The van der Waals surface area contributed by atoms with Gasteiger partial charge in [-0.15, -0.1) is 11.3 Å². The Morgan fingerprint density at radius 1 is 1.33 bits per heavy atom. The lowest BCUT2D eigenvalue weighted by Gasteiger charge is -2.50. The summed E-state index contributed by atoms with van der Waals surface area (Å²) in [7, 11) is 1.64. The number of rotatable bonds is 6. The number of methoxy groups -OCH3 is 1. The highest BCUT2D eigenvalue weighted by Gasteiger charge is 2.55. The first-order valence-corrected chi connectivity index (χ1v) is 11.5. The molecule has 160 valence electrons. The molecule has 4 rings (SSSR count). The zero-order chi connectivity index (χ0) is 21.3. The van der Waals surface area contributed by atoms with Crippen molar-refractivity contribution in [2.75, 3.05) is 25.6 Å². The molecule has 2 heterocycles. The molecule has 0 bridgehead atoms. The quantitative estimate of drug-likeness (QED) is 0.752. The summed E-state index contributed by atoms with van der Waals surface area (Å²) in [6, 6.07) is 7.56. The van der Waals surface area contributed by atoms with Crippen LogP contribution in [0.3, 0.4) is 0 Å². The highest BCUT2D eigenvalue weighted by molar-refractivity contribution is 7.15. The van der Waals surface area contributed by atoms with Crippen LogP contribution >= 0.6 is 11.3 Å². The molecule has 6 nitrogen and oxygen atoms in total. The topological polar surface area (TPSA) is 71.5 Å². The first-order valence-electron chi connectivity index (χ1n) is 10.7. The summed E-state index contributed by atoms with van der Waals surface area (Å²) in [4.78, 5) is 34.8. The summed E-state index contributed by atoms with van der Waals surface area (Å²) in [6.45, 7) is 5.04. The maximum atomic E-state index is 13.7. The third kappa shape index (κ3) is 3.44. The zero-order valence-electron chi connectivity index (χ0n) is 17.9. The van der Waals surface area contributed by atoms with E-state index in [0.29, 0.717) is 23.8 Å². The molecule has 2 aliphatic rings. The molecule has 1 spiro atoms. The molecule has 1 unspecified atom stereocenters. The molecule has 1 aromatic carbocycles. The van der Waals surface area contributed by atoms with Crippen LogP contribution in [0.15, 0.2) is 24.3 Å². The second-order valence-electron chi connectivity index (χ2n) is 8.15. The Hall–Kier alpha value is -2.25. The Morgan fingerprint density at radius 3 is 2.73 bits per heavy atom. The predicted molar refractivity (Wildman–Crippen MR) is 118 cm³/mol. The molecule has 1 aromatic heterocycles. The normalized spacial score (nSPS) is 19.9. The number of fused-ring (bicyclic) bond motifs is 1. The first-order chi connectivity index (χ1) is 14.5. The van der Waals surface area contributed by atoms with E-state index in [9.17, 15) is 9.59 Å². The minimum atomic E-state index is -0.506. The van der Waals surface area contributed by atoms with Crippen molar-refractivity contribution in [3.8, 4) is 0 Å². The number of nitrogens with one attached hydrogen (secondary N) is 1. The number of nitrogens with zero attached hydrogens (tertiary/aromatic N) is 2. The molecule has 2 aromatic rings. The lowest BCUT2D eigenvalue weighted by molar-refractivity contribution is -0.121. The van der Waals surface area contributed by atoms with Crippen LogP contribution in [0.2, 0.25) is 0 Å². The second-order valence-corrected chi connectivity index (χ2v) is 9.35. The van der Waals surface area contributed by atoms with Crippen molar-refractivity contribution in [3.05, 3.63) is 46.0 Å². The van der Waals surface area contributed by atoms with Gasteiger partial charge in [-0.3, -0.25) is 9.59 Å². The van der Waals surface area contributed by atoms with E-state index in [0.717, 1.165) is 48.2 Å². The van der Waals surface area contributed by atoms with E-state index in [1.165, 1.54) is 11.3 Å². The average molecular weight is 428 g/mol. The van der Waals surface area contributed by atoms with Crippen LogP contribution in [0.5, 0.6) is 0 Å². The smallest absolute Gasteiger partial charge is 0.254 e. The molecular formula is C23H29N3O3S. The number of anilines is 1. The molecule has 30 heavy (non-hydrogen) atoms. The minimum absolute atomic E-state index is 0.00645. The molecule has 2 amide bonds. The van der Waals surface area contributed by atoms with Gasteiger partial charge in [0.2, 0.25) is 5.91 Å². The van der Waals surface area contributed by atoms with Crippen molar-refractivity contribution < 1.29 is 14.3 Å². The molecule has 1 saturated carbocycles. The molecule has 7 heteroatoms. The van der Waals surface area contributed by atoms with Gasteiger partial charge in [0.15, 0.2) is 5.13 Å². The Morgan fingerprint density at radius 2 is 2.07 bits per heavy atom. The van der Waals surface area contributed by atoms with E-state index in [-0.39, 0.29) is 11.8 Å². The largest absolute Gasteiger partial charge is 0.383 e. The average Bonchev–Trinajstić information content (AvgIpc) is 3.35. The van der Waals surface area contributed by atoms with Gasteiger partial charge in [0.25, 0.3) is 5.91 Å². The number of benzene rings is 1. The molecule has 1 fully saturated rings. The lowest BCUT2D eigenvalue weighted by Crippen LogP contribution is -2.60. The highest BCUT2D eigenvalue weighted by Crippen LogP contribution is 2.50. The third-order valence-corrected chi connectivity index (χ3v) is 7.46. The Labute approximate surface area is 181 Å². The van der Waals surface area contributed by atoms with E-state index >= 15 is 0 Å². The molecular weight excluding hydrogens is 398 g/mol. The van der Waals surface area contributed by atoms with Gasteiger partial charge in [-0.1, -0.05) is 38.0 Å². The minimum Gasteiger partial charge on any atom is -0.383 e. The van der Waals surface area contributed by atoms with Crippen LogP contribution in [0.4, 0.5) is 5.13 Å². The first kappa shape index (κ1) is 21.0. The summed E-state index contributed by atoms with van der Waals surface area (Å²) < 4.78 is 5.30. The predicted octanol–water partition coefficient (Wildman–Crippen LogP) is 4.15. The molecule has 1 N–H and O–H groups in total. The van der Waals surface area contributed by atoms with Crippen LogP contribution in [0.1, 0.15) is 65.0 Å². The van der Waals surface area contributed by atoms with Crippen LogP contribution in [0.25, 0.3) is 0 Å². The van der Waals surface area contributed by atoms with Crippen molar-refractivity contribution >= 4 is 28.3 Å². The van der Waals surface area contributed by atoms with Gasteiger partial charge in [-0.05, 0) is 37.8 Å². The number of aromatic nitrogens is 1. The number of amides is 2. The van der Waals surface area contributed by atoms with Crippen LogP contribution < -0.4 is 5.32 Å². The lowest BCUT2D eigenvalue weighted by atomic mass is 9.71. The molecule has 1 aliphatic heterocycles. The number of carbonyl (C=O) groups excluding carboxylic acids is 2. The monoisotopic (exact) mass is 427 g/mol. The molecule has 0 saturated heterocycles.